The molecule has 11 heteroatoms. The van der Waals surface area contributed by atoms with Crippen molar-refractivity contribution in [2.24, 2.45) is 0 Å². The van der Waals surface area contributed by atoms with Crippen LogP contribution in [0.5, 0.6) is 5.75 Å². The molecule has 0 radical (unpaired) electrons. The molecule has 3 rings (SSSR count). The van der Waals surface area contributed by atoms with E-state index < -0.39 is 55.4 Å². The van der Waals surface area contributed by atoms with E-state index in [9.17, 15) is 40.2 Å². The highest BCUT2D eigenvalue weighted by atomic mass is 16.7. The van der Waals surface area contributed by atoms with Gasteiger partial charge >= 0.3 is 11.9 Å². The van der Waals surface area contributed by atoms with Gasteiger partial charge in [0.25, 0.3) is 0 Å². The maximum atomic E-state index is 12.4. The third-order valence-electron chi connectivity index (χ3n) is 5.74. The molecule has 1 aromatic rings. The summed E-state index contributed by atoms with van der Waals surface area (Å²) in [5.41, 5.74) is 1.32. The van der Waals surface area contributed by atoms with Crippen LogP contribution in [0.15, 0.2) is 53.1 Å². The van der Waals surface area contributed by atoms with Crippen LogP contribution in [0.25, 0.3) is 6.08 Å². The lowest BCUT2D eigenvalue weighted by atomic mass is 9.99. The van der Waals surface area contributed by atoms with E-state index in [1.54, 1.807) is 19.1 Å². The first-order valence-corrected chi connectivity index (χ1v) is 10.9. The van der Waals surface area contributed by atoms with Crippen LogP contribution < -0.4 is 0 Å². The Hall–Kier alpha value is -3.06. The number of esters is 1. The first-order chi connectivity index (χ1) is 16.6. The lowest BCUT2D eigenvalue weighted by Crippen LogP contribution is -2.59. The van der Waals surface area contributed by atoms with Crippen molar-refractivity contribution in [2.75, 3.05) is 13.2 Å². The van der Waals surface area contributed by atoms with E-state index in [1.807, 2.05) is 0 Å². The molecular weight excluding hydrogens is 464 g/mol. The van der Waals surface area contributed by atoms with Gasteiger partial charge in [-0.15, -0.1) is 0 Å². The van der Waals surface area contributed by atoms with Gasteiger partial charge in [0.05, 0.1) is 18.8 Å². The van der Waals surface area contributed by atoms with Gasteiger partial charge in [-0.25, -0.2) is 9.59 Å². The molecule has 6 atom stereocenters. The molecule has 1 aliphatic heterocycles. The van der Waals surface area contributed by atoms with E-state index in [1.165, 1.54) is 30.4 Å². The van der Waals surface area contributed by atoms with Crippen molar-refractivity contribution in [3.63, 3.8) is 0 Å². The molecule has 1 aromatic carbocycles. The summed E-state index contributed by atoms with van der Waals surface area (Å²) < 4.78 is 16.1. The van der Waals surface area contributed by atoms with Crippen LogP contribution >= 0.6 is 0 Å². The summed E-state index contributed by atoms with van der Waals surface area (Å²) in [4.78, 5) is 24.2. The summed E-state index contributed by atoms with van der Waals surface area (Å²) >= 11 is 0. The number of carboxylic acid groups (broad SMARTS) is 1. The highest BCUT2D eigenvalue weighted by Gasteiger charge is 2.44. The summed E-state index contributed by atoms with van der Waals surface area (Å²) in [5.74, 6) is -1.83. The number of aliphatic hydroxyl groups is 4. The number of ether oxygens (including phenoxy) is 3. The van der Waals surface area contributed by atoms with Crippen molar-refractivity contribution >= 4 is 18.0 Å². The minimum absolute atomic E-state index is 0.0253. The summed E-state index contributed by atoms with van der Waals surface area (Å²) in [6, 6.07) is 6.13. The molecule has 1 fully saturated rings. The van der Waals surface area contributed by atoms with Gasteiger partial charge in [-0.1, -0.05) is 23.8 Å². The Balaban J connectivity index is 1.69. The number of hydrogen-bond acceptors (Lipinski definition) is 10. The largest absolute Gasteiger partial charge is 0.508 e. The van der Waals surface area contributed by atoms with Gasteiger partial charge in [0.2, 0.25) is 0 Å². The fourth-order valence-electron chi connectivity index (χ4n) is 3.91. The first kappa shape index (κ1) is 26.5. The molecule has 11 nitrogen and oxygen atoms in total. The van der Waals surface area contributed by atoms with Crippen molar-refractivity contribution in [2.45, 2.75) is 50.2 Å². The number of benzene rings is 1. The number of aromatic hydroxyl groups is 1. The van der Waals surface area contributed by atoms with Crippen LogP contribution in [-0.2, 0) is 23.8 Å². The molecule has 0 saturated carbocycles. The highest BCUT2D eigenvalue weighted by Crippen LogP contribution is 2.34. The van der Waals surface area contributed by atoms with E-state index in [-0.39, 0.29) is 29.9 Å². The maximum absolute atomic E-state index is 12.4. The number of phenolic OH excluding ortho intramolecular Hbond substituents is 1. The Morgan fingerprint density at radius 2 is 1.80 bits per heavy atom. The molecule has 6 N–H and O–H groups in total. The second-order valence-corrected chi connectivity index (χ2v) is 8.21. The molecule has 1 heterocycles. The normalized spacial score (nSPS) is 30.3. The maximum Gasteiger partial charge on any atom is 0.336 e. The number of rotatable bonds is 8. The predicted molar refractivity (Wildman–Crippen MR) is 120 cm³/mol. The van der Waals surface area contributed by atoms with Crippen LogP contribution in [0.4, 0.5) is 0 Å². The quantitative estimate of drug-likeness (QED) is 0.210. The minimum atomic E-state index is -1.61. The topological polar surface area (TPSA) is 183 Å². The third-order valence-corrected chi connectivity index (χ3v) is 5.74. The number of carbonyl (C=O) groups is 2. The number of aliphatic hydroxyl groups excluding tert-OH is 4. The monoisotopic (exact) mass is 492 g/mol. The van der Waals surface area contributed by atoms with Crippen LogP contribution in [0.1, 0.15) is 18.9 Å². The van der Waals surface area contributed by atoms with Gasteiger partial charge in [0, 0.05) is 18.1 Å². The summed E-state index contributed by atoms with van der Waals surface area (Å²) in [7, 11) is 0. The SMILES string of the molecule is CC1=C(C(=O)O)/C(=C\CO[C@@H]2O[C@H](CO)[C@@H](O)[C@H](O)[C@H]2O)[C@H](OC(=O)/C=C/c2ccc(O)cc2)C1. The number of carboxylic acids is 1. The average Bonchev–Trinajstić information content (AvgIpc) is 3.13. The van der Waals surface area contributed by atoms with E-state index in [2.05, 4.69) is 0 Å². The fourth-order valence-corrected chi connectivity index (χ4v) is 3.91. The van der Waals surface area contributed by atoms with Gasteiger partial charge in [0.15, 0.2) is 6.29 Å². The summed E-state index contributed by atoms with van der Waals surface area (Å²) in [5, 5.41) is 58.0. The number of phenols is 1. The Kier molecular flexibility index (Phi) is 8.78. The van der Waals surface area contributed by atoms with E-state index >= 15 is 0 Å². The van der Waals surface area contributed by atoms with Crippen molar-refractivity contribution in [1.82, 2.24) is 0 Å². The number of aliphatic carboxylic acids is 1. The molecule has 0 aromatic heterocycles. The van der Waals surface area contributed by atoms with Crippen LogP contribution in [0.3, 0.4) is 0 Å². The van der Waals surface area contributed by atoms with Crippen LogP contribution in [0, 0.1) is 0 Å². The highest BCUT2D eigenvalue weighted by molar-refractivity contribution is 5.95. The lowest BCUT2D eigenvalue weighted by Gasteiger charge is -2.39. The summed E-state index contributed by atoms with van der Waals surface area (Å²) in [6.45, 7) is 0.710. The van der Waals surface area contributed by atoms with Crippen molar-refractivity contribution in [3.05, 3.63) is 58.7 Å². The van der Waals surface area contributed by atoms with Gasteiger partial charge in [-0.2, -0.15) is 0 Å². The number of carbonyl (C=O) groups excluding carboxylic acids is 1. The zero-order valence-corrected chi connectivity index (χ0v) is 18.9. The van der Waals surface area contributed by atoms with Crippen LogP contribution in [0.2, 0.25) is 0 Å². The Morgan fingerprint density at radius 1 is 1.11 bits per heavy atom. The van der Waals surface area contributed by atoms with Crippen LogP contribution in [-0.4, -0.2) is 92.6 Å². The zero-order chi connectivity index (χ0) is 25.7. The van der Waals surface area contributed by atoms with Crippen molar-refractivity contribution < 1.29 is 54.4 Å². The van der Waals surface area contributed by atoms with Crippen molar-refractivity contribution in [3.8, 4) is 5.75 Å². The molecule has 1 saturated heterocycles. The molecular formula is C24H28O11. The van der Waals surface area contributed by atoms with E-state index in [0.29, 0.717) is 11.1 Å². The molecule has 1 aliphatic carbocycles. The average molecular weight is 492 g/mol. The van der Waals surface area contributed by atoms with E-state index in [0.717, 1.165) is 0 Å². The molecule has 0 unspecified atom stereocenters. The Bertz CT molecular complexity index is 1010. The fraction of sp³-hybridized carbons (Fsp3) is 0.417. The summed E-state index contributed by atoms with van der Waals surface area (Å²) in [6.07, 6.45) is -3.99. The molecule has 0 bridgehead atoms. The lowest BCUT2D eigenvalue weighted by molar-refractivity contribution is -0.298. The molecule has 190 valence electrons. The van der Waals surface area contributed by atoms with Gasteiger partial charge in [-0.05, 0) is 30.7 Å². The first-order valence-electron chi connectivity index (χ1n) is 10.9. The second-order valence-electron chi connectivity index (χ2n) is 8.21. The second kappa shape index (κ2) is 11.6. The smallest absolute Gasteiger partial charge is 0.336 e. The minimum Gasteiger partial charge on any atom is -0.508 e. The zero-order valence-electron chi connectivity index (χ0n) is 18.9. The van der Waals surface area contributed by atoms with E-state index in [4.69, 9.17) is 14.2 Å². The molecule has 0 spiro atoms. The van der Waals surface area contributed by atoms with Gasteiger partial charge in [-0.3, -0.25) is 0 Å². The van der Waals surface area contributed by atoms with Gasteiger partial charge in [0.1, 0.15) is 36.3 Å². The standard InChI is InChI=1S/C24H28O11/c1-12-10-16(34-18(27)7-4-13-2-5-14(26)6-3-13)15(19(12)23(31)32)8-9-33-24-22(30)21(29)20(28)17(11-25)35-24/h2-8,16-17,20-22,24-26,28-30H,9-11H2,1H3,(H,31,32)/b7-4+,15-8-/t16-,17-,20-,21+,22-,24-/m1/s1. The Labute approximate surface area is 200 Å². The molecule has 0 amide bonds. The predicted octanol–water partition coefficient (Wildman–Crippen LogP) is -0.135. The third kappa shape index (κ3) is 6.34. The van der Waals surface area contributed by atoms with Gasteiger partial charge < -0.3 is 44.8 Å². The number of hydrogen-bond donors (Lipinski definition) is 6. The molecule has 35 heavy (non-hydrogen) atoms. The Morgan fingerprint density at radius 3 is 2.43 bits per heavy atom. The van der Waals surface area contributed by atoms with Crippen molar-refractivity contribution in [1.29, 1.82) is 0 Å². The molecule has 2 aliphatic rings.